The highest BCUT2D eigenvalue weighted by Crippen LogP contribution is 2.40. The summed E-state index contributed by atoms with van der Waals surface area (Å²) in [4.78, 5) is 39.9. The van der Waals surface area contributed by atoms with Gasteiger partial charge in [-0.2, -0.15) is 0 Å². The number of methoxy groups -OCH3 is 1. The molecule has 1 heterocycles. The molecule has 4 aromatic carbocycles. The van der Waals surface area contributed by atoms with Gasteiger partial charge < -0.3 is 9.47 Å². The van der Waals surface area contributed by atoms with Crippen molar-refractivity contribution in [1.82, 2.24) is 4.90 Å². The lowest BCUT2D eigenvalue weighted by molar-refractivity contribution is -0.123. The van der Waals surface area contributed by atoms with Crippen LogP contribution in [0, 0.1) is 5.82 Å². The summed E-state index contributed by atoms with van der Waals surface area (Å²) in [5, 5.41) is 1.26. The maximum Gasteiger partial charge on any atom is 0.344 e. The van der Waals surface area contributed by atoms with Crippen molar-refractivity contribution in [2.45, 2.75) is 6.54 Å². The summed E-state index contributed by atoms with van der Waals surface area (Å²) in [5.41, 5.74) is 1.61. The number of carbonyl (C=O) groups is 3. The first-order chi connectivity index (χ1) is 18.3. The third-order valence-corrected chi connectivity index (χ3v) is 7.38. The maximum absolute atomic E-state index is 13.2. The average Bonchev–Trinajstić information content (AvgIpc) is 3.17. The third kappa shape index (κ3) is 5.20. The van der Waals surface area contributed by atoms with E-state index in [9.17, 15) is 18.8 Å². The second-order valence-electron chi connectivity index (χ2n) is 8.34. The summed E-state index contributed by atoms with van der Waals surface area (Å²) < 4.78 is 24.8. The molecule has 1 aliphatic rings. The molecule has 4 aromatic rings. The summed E-state index contributed by atoms with van der Waals surface area (Å²) in [6.07, 6.45) is 1.57. The lowest BCUT2D eigenvalue weighted by Gasteiger charge is -2.13. The van der Waals surface area contributed by atoms with Crippen LogP contribution in [0.5, 0.6) is 11.5 Å². The minimum Gasteiger partial charge on any atom is -0.493 e. The normalized spacial score (nSPS) is 14.4. The number of thioether (sulfide) groups is 1. The molecule has 2 amide bonds. The Kier molecular flexibility index (Phi) is 7.31. The Bertz CT molecular complexity index is 1610. The fourth-order valence-corrected chi connectivity index (χ4v) is 5.41. The van der Waals surface area contributed by atoms with Gasteiger partial charge in [-0.15, -0.1) is 0 Å². The van der Waals surface area contributed by atoms with Gasteiger partial charge in [-0.05, 0) is 86.0 Å². The summed E-state index contributed by atoms with van der Waals surface area (Å²) in [6, 6.07) is 21.8. The van der Waals surface area contributed by atoms with Gasteiger partial charge in [0.2, 0.25) is 0 Å². The number of fused-ring (bicyclic) bond motifs is 1. The molecule has 0 atom stereocenters. The van der Waals surface area contributed by atoms with Gasteiger partial charge in [0.05, 0.1) is 28.6 Å². The largest absolute Gasteiger partial charge is 0.493 e. The molecule has 0 spiro atoms. The summed E-state index contributed by atoms with van der Waals surface area (Å²) in [6.45, 7) is 0.0400. The van der Waals surface area contributed by atoms with E-state index in [1.807, 2.05) is 30.3 Å². The molecular formula is C29H19BrFNO5S. The van der Waals surface area contributed by atoms with Gasteiger partial charge in [0.1, 0.15) is 5.82 Å². The quantitative estimate of drug-likeness (QED) is 0.134. The van der Waals surface area contributed by atoms with Crippen molar-refractivity contribution in [3.63, 3.8) is 0 Å². The smallest absolute Gasteiger partial charge is 0.344 e. The molecule has 190 valence electrons. The highest BCUT2D eigenvalue weighted by Gasteiger charge is 2.35. The number of esters is 1. The van der Waals surface area contributed by atoms with Gasteiger partial charge in [-0.1, -0.05) is 48.5 Å². The molecule has 0 bridgehead atoms. The van der Waals surface area contributed by atoms with E-state index >= 15 is 0 Å². The van der Waals surface area contributed by atoms with Crippen molar-refractivity contribution in [2.75, 3.05) is 7.11 Å². The molecule has 0 N–H and O–H groups in total. The van der Waals surface area contributed by atoms with Gasteiger partial charge in [0.15, 0.2) is 11.5 Å². The van der Waals surface area contributed by atoms with E-state index in [4.69, 9.17) is 9.47 Å². The number of nitrogens with zero attached hydrogens (tertiary/aromatic N) is 1. The summed E-state index contributed by atoms with van der Waals surface area (Å²) in [5.74, 6) is -0.938. The highest BCUT2D eigenvalue weighted by molar-refractivity contribution is 9.10. The van der Waals surface area contributed by atoms with Crippen LogP contribution < -0.4 is 9.47 Å². The molecule has 0 unspecified atom stereocenters. The number of carbonyl (C=O) groups excluding carboxylic acids is 3. The van der Waals surface area contributed by atoms with Crippen molar-refractivity contribution < 1.29 is 28.2 Å². The zero-order valence-electron chi connectivity index (χ0n) is 19.9. The van der Waals surface area contributed by atoms with Crippen molar-refractivity contribution in [3.05, 3.63) is 111 Å². The molecule has 6 nitrogen and oxygen atoms in total. The fourth-order valence-electron chi connectivity index (χ4n) is 4.03. The fraction of sp³-hybridized carbons (Fsp3) is 0.0690. The molecule has 0 saturated carbocycles. The highest BCUT2D eigenvalue weighted by atomic mass is 79.9. The average molecular weight is 592 g/mol. The molecule has 0 aliphatic carbocycles. The van der Waals surface area contributed by atoms with E-state index in [0.29, 0.717) is 21.2 Å². The van der Waals surface area contributed by atoms with E-state index in [-0.39, 0.29) is 22.9 Å². The predicted molar refractivity (Wildman–Crippen MR) is 148 cm³/mol. The maximum atomic E-state index is 13.2. The van der Waals surface area contributed by atoms with Crippen LogP contribution in [0.25, 0.3) is 16.8 Å². The molecular weight excluding hydrogens is 573 g/mol. The van der Waals surface area contributed by atoms with Gasteiger partial charge in [0, 0.05) is 0 Å². The van der Waals surface area contributed by atoms with Crippen molar-refractivity contribution in [3.8, 4) is 11.5 Å². The first-order valence-corrected chi connectivity index (χ1v) is 13.0. The van der Waals surface area contributed by atoms with Gasteiger partial charge >= 0.3 is 5.97 Å². The van der Waals surface area contributed by atoms with Gasteiger partial charge in [0.25, 0.3) is 11.1 Å². The molecule has 5 rings (SSSR count). The van der Waals surface area contributed by atoms with E-state index in [2.05, 4.69) is 15.9 Å². The van der Waals surface area contributed by atoms with Crippen LogP contribution in [-0.4, -0.2) is 29.1 Å². The van der Waals surface area contributed by atoms with Crippen LogP contribution in [0.1, 0.15) is 21.5 Å². The molecule has 1 saturated heterocycles. The van der Waals surface area contributed by atoms with Crippen LogP contribution in [0.2, 0.25) is 0 Å². The Morgan fingerprint density at radius 2 is 1.76 bits per heavy atom. The summed E-state index contributed by atoms with van der Waals surface area (Å²) >= 11 is 4.26. The molecule has 0 radical (unpaired) electrons. The first-order valence-electron chi connectivity index (χ1n) is 11.4. The third-order valence-electron chi connectivity index (χ3n) is 5.88. The molecule has 0 aromatic heterocycles. The Balaban J connectivity index is 1.39. The number of rotatable bonds is 6. The summed E-state index contributed by atoms with van der Waals surface area (Å²) in [7, 11) is 1.44. The van der Waals surface area contributed by atoms with Crippen LogP contribution >= 0.6 is 27.7 Å². The van der Waals surface area contributed by atoms with Crippen molar-refractivity contribution in [1.29, 1.82) is 0 Å². The molecule has 9 heteroatoms. The number of ether oxygens (including phenoxy) is 2. The monoisotopic (exact) mass is 591 g/mol. The zero-order chi connectivity index (χ0) is 26.8. The first kappa shape index (κ1) is 25.7. The van der Waals surface area contributed by atoms with Crippen molar-refractivity contribution >= 4 is 61.7 Å². The van der Waals surface area contributed by atoms with E-state index < -0.39 is 22.9 Å². The Morgan fingerprint density at radius 1 is 1.03 bits per heavy atom. The standard InChI is InChI=1S/C29H19BrFNO5S/c1-36-24-14-18(15-25-27(33)32(29(35)38-25)16-17-9-11-20(31)12-10-17)13-23(30)26(24)37-28(34)22-8-4-6-19-5-2-3-7-21(19)22/h2-15H,16H2,1H3/b25-15-. The Hall–Kier alpha value is -3.95. The van der Waals surface area contributed by atoms with Gasteiger partial charge in [-0.3, -0.25) is 14.5 Å². The Labute approximate surface area is 230 Å². The van der Waals surface area contributed by atoms with Crippen LogP contribution in [-0.2, 0) is 11.3 Å². The molecule has 1 fully saturated rings. The Morgan fingerprint density at radius 3 is 2.53 bits per heavy atom. The lowest BCUT2D eigenvalue weighted by atomic mass is 10.0. The minimum atomic E-state index is -0.546. The number of imide groups is 1. The predicted octanol–water partition coefficient (Wildman–Crippen LogP) is 7.21. The van der Waals surface area contributed by atoms with Crippen LogP contribution in [0.3, 0.4) is 0 Å². The van der Waals surface area contributed by atoms with Crippen LogP contribution in [0.4, 0.5) is 9.18 Å². The van der Waals surface area contributed by atoms with Crippen LogP contribution in [0.15, 0.2) is 88.2 Å². The second-order valence-corrected chi connectivity index (χ2v) is 10.2. The lowest BCUT2D eigenvalue weighted by Crippen LogP contribution is -2.27. The molecule has 38 heavy (non-hydrogen) atoms. The van der Waals surface area contributed by atoms with E-state index in [0.717, 1.165) is 27.4 Å². The number of halogens is 2. The number of hydrogen-bond acceptors (Lipinski definition) is 6. The van der Waals surface area contributed by atoms with Crippen molar-refractivity contribution in [2.24, 2.45) is 0 Å². The number of hydrogen-bond donors (Lipinski definition) is 0. The van der Waals surface area contributed by atoms with Gasteiger partial charge in [-0.25, -0.2) is 9.18 Å². The topological polar surface area (TPSA) is 72.9 Å². The number of amides is 2. The van der Waals surface area contributed by atoms with E-state index in [1.54, 1.807) is 30.3 Å². The van der Waals surface area contributed by atoms with E-state index in [1.165, 1.54) is 31.4 Å². The number of benzene rings is 4. The minimum absolute atomic E-state index is 0.0400. The zero-order valence-corrected chi connectivity index (χ0v) is 22.3. The second kappa shape index (κ2) is 10.8. The SMILES string of the molecule is COc1cc(/C=C2\SC(=O)N(Cc3ccc(F)cc3)C2=O)cc(Br)c1OC(=O)c1cccc2ccccc12. The molecule has 1 aliphatic heterocycles.